The molecule has 30 heavy (non-hydrogen) atoms. The summed E-state index contributed by atoms with van der Waals surface area (Å²) in [5, 5.41) is 29.8. The molecule has 0 fully saturated rings. The number of carboxylic acid groups (broad SMARTS) is 2. The van der Waals surface area contributed by atoms with E-state index < -0.39 is 18.0 Å². The number of methoxy groups -OCH3 is 1. The number of carbonyl (C=O) groups is 3. The number of carbonyl (C=O) groups excluding carboxylic acids is 1. The molecule has 2 unspecified atom stereocenters. The van der Waals surface area contributed by atoms with Crippen LogP contribution < -0.4 is 15.4 Å². The fourth-order valence-corrected chi connectivity index (χ4v) is 2.48. The third-order valence-electron chi connectivity index (χ3n) is 3.94. The molecule has 0 saturated carbocycles. The lowest BCUT2D eigenvalue weighted by Crippen LogP contribution is -2.39. The van der Waals surface area contributed by atoms with E-state index in [-0.39, 0.29) is 11.9 Å². The number of benzene rings is 2. The van der Waals surface area contributed by atoms with Crippen LogP contribution in [0.2, 0.25) is 0 Å². The van der Waals surface area contributed by atoms with E-state index in [0.717, 1.165) is 11.3 Å². The van der Waals surface area contributed by atoms with Crippen molar-refractivity contribution >= 4 is 23.5 Å². The van der Waals surface area contributed by atoms with Crippen molar-refractivity contribution in [3.63, 3.8) is 0 Å². The summed E-state index contributed by atoms with van der Waals surface area (Å²) < 4.78 is 5.36. The maximum atomic E-state index is 12.3. The summed E-state index contributed by atoms with van der Waals surface area (Å²) in [6.07, 6.45) is 0. The average molecular weight is 413 g/mol. The van der Waals surface area contributed by atoms with Gasteiger partial charge in [0, 0.05) is 17.3 Å². The van der Waals surface area contributed by atoms with Crippen molar-refractivity contribution in [1.82, 2.24) is 5.32 Å². The van der Waals surface area contributed by atoms with Crippen LogP contribution in [-0.2, 0) is 14.4 Å². The summed E-state index contributed by atoms with van der Waals surface area (Å²) >= 11 is 0. The van der Waals surface area contributed by atoms with E-state index in [0.29, 0.717) is 11.3 Å². The smallest absolute Gasteiger partial charge is 0.414 e. The molecule has 9 heteroatoms. The fourth-order valence-electron chi connectivity index (χ4n) is 2.48. The van der Waals surface area contributed by atoms with Crippen LogP contribution in [0.15, 0.2) is 48.5 Å². The van der Waals surface area contributed by atoms with E-state index in [1.807, 2.05) is 31.2 Å². The summed E-state index contributed by atoms with van der Waals surface area (Å²) in [7, 11) is 1.63. The van der Waals surface area contributed by atoms with Gasteiger partial charge in [-0.15, -0.1) is 0 Å². The number of anilines is 1. The Labute approximate surface area is 173 Å². The topological polar surface area (TPSA) is 149 Å². The molecule has 0 saturated heterocycles. The third kappa shape index (κ3) is 7.61. The van der Waals surface area contributed by atoms with Gasteiger partial charge in [-0.05, 0) is 38.1 Å². The second-order valence-corrected chi connectivity index (χ2v) is 6.14. The SMILES string of the molecule is COc1ccccc1C(C)NC(C)C(=O)Nc1cccc(C#N)c1.O=C(O)C(=O)O. The van der Waals surface area contributed by atoms with Gasteiger partial charge in [0.05, 0.1) is 24.8 Å². The number of rotatable bonds is 6. The van der Waals surface area contributed by atoms with Crippen LogP contribution in [0.25, 0.3) is 0 Å². The van der Waals surface area contributed by atoms with Crippen molar-refractivity contribution in [2.24, 2.45) is 0 Å². The lowest BCUT2D eigenvalue weighted by atomic mass is 10.1. The summed E-state index contributed by atoms with van der Waals surface area (Å²) in [5.74, 6) is -3.02. The molecule has 2 aromatic carbocycles. The van der Waals surface area contributed by atoms with E-state index in [4.69, 9.17) is 29.8 Å². The Morgan fingerprint density at radius 3 is 2.23 bits per heavy atom. The number of aliphatic carboxylic acids is 2. The van der Waals surface area contributed by atoms with Crippen LogP contribution in [0.5, 0.6) is 5.75 Å². The minimum absolute atomic E-state index is 0.0488. The lowest BCUT2D eigenvalue weighted by molar-refractivity contribution is -0.159. The second-order valence-electron chi connectivity index (χ2n) is 6.14. The quantitative estimate of drug-likeness (QED) is 0.528. The van der Waals surface area contributed by atoms with E-state index in [1.165, 1.54) is 0 Å². The highest BCUT2D eigenvalue weighted by atomic mass is 16.5. The summed E-state index contributed by atoms with van der Waals surface area (Å²) in [6.45, 7) is 3.79. The van der Waals surface area contributed by atoms with Gasteiger partial charge in [-0.2, -0.15) is 5.26 Å². The Balaban J connectivity index is 0.000000656. The summed E-state index contributed by atoms with van der Waals surface area (Å²) in [4.78, 5) is 30.5. The zero-order chi connectivity index (χ0) is 22.7. The number of hydrogen-bond acceptors (Lipinski definition) is 6. The monoisotopic (exact) mass is 413 g/mol. The highest BCUT2D eigenvalue weighted by Crippen LogP contribution is 2.24. The molecule has 2 atom stereocenters. The van der Waals surface area contributed by atoms with Crippen molar-refractivity contribution in [2.75, 3.05) is 12.4 Å². The number of amides is 1. The average Bonchev–Trinajstić information content (AvgIpc) is 2.74. The van der Waals surface area contributed by atoms with Crippen molar-refractivity contribution < 1.29 is 29.3 Å². The fraction of sp³-hybridized carbons (Fsp3) is 0.238. The third-order valence-corrected chi connectivity index (χ3v) is 3.94. The molecule has 0 aliphatic carbocycles. The minimum atomic E-state index is -1.82. The predicted octanol–water partition coefficient (Wildman–Crippen LogP) is 2.40. The van der Waals surface area contributed by atoms with Gasteiger partial charge in [-0.3, -0.25) is 10.1 Å². The van der Waals surface area contributed by atoms with Gasteiger partial charge in [-0.1, -0.05) is 24.3 Å². The first kappa shape index (κ1) is 24.1. The van der Waals surface area contributed by atoms with Crippen molar-refractivity contribution in [3.05, 3.63) is 59.7 Å². The van der Waals surface area contributed by atoms with Gasteiger partial charge in [-0.25, -0.2) is 9.59 Å². The molecule has 9 nitrogen and oxygen atoms in total. The van der Waals surface area contributed by atoms with E-state index in [1.54, 1.807) is 38.3 Å². The van der Waals surface area contributed by atoms with Crippen molar-refractivity contribution in [2.45, 2.75) is 25.9 Å². The molecule has 2 rings (SSSR count). The highest BCUT2D eigenvalue weighted by molar-refractivity contribution is 6.27. The number of nitriles is 1. The maximum Gasteiger partial charge on any atom is 0.414 e. The molecule has 4 N–H and O–H groups in total. The second kappa shape index (κ2) is 11.8. The molecule has 0 heterocycles. The Morgan fingerprint density at radius 1 is 1.03 bits per heavy atom. The first-order chi connectivity index (χ1) is 14.2. The largest absolute Gasteiger partial charge is 0.496 e. The Kier molecular flexibility index (Phi) is 9.52. The molecule has 0 bridgehead atoms. The molecule has 0 aliphatic heterocycles. The van der Waals surface area contributed by atoms with Crippen LogP contribution in [0, 0.1) is 11.3 Å². The van der Waals surface area contributed by atoms with Gasteiger partial charge in [0.25, 0.3) is 0 Å². The Morgan fingerprint density at radius 2 is 1.67 bits per heavy atom. The van der Waals surface area contributed by atoms with Crippen molar-refractivity contribution in [3.8, 4) is 11.8 Å². The van der Waals surface area contributed by atoms with E-state index in [2.05, 4.69) is 16.7 Å². The number of para-hydroxylation sites is 1. The Hall–Kier alpha value is -3.90. The van der Waals surface area contributed by atoms with Gasteiger partial charge < -0.3 is 20.3 Å². The van der Waals surface area contributed by atoms with E-state index >= 15 is 0 Å². The van der Waals surface area contributed by atoms with E-state index in [9.17, 15) is 4.79 Å². The number of hydrogen-bond donors (Lipinski definition) is 4. The van der Waals surface area contributed by atoms with Crippen LogP contribution in [0.3, 0.4) is 0 Å². The molecular formula is C21H23N3O6. The zero-order valence-corrected chi connectivity index (χ0v) is 16.7. The van der Waals surface area contributed by atoms with Crippen LogP contribution in [-0.4, -0.2) is 41.2 Å². The first-order valence-electron chi connectivity index (χ1n) is 8.85. The molecule has 1 amide bonds. The van der Waals surface area contributed by atoms with Gasteiger partial charge in [0.15, 0.2) is 0 Å². The van der Waals surface area contributed by atoms with Gasteiger partial charge in [0.1, 0.15) is 5.75 Å². The molecular weight excluding hydrogens is 390 g/mol. The highest BCUT2D eigenvalue weighted by Gasteiger charge is 2.18. The van der Waals surface area contributed by atoms with Crippen molar-refractivity contribution in [1.29, 1.82) is 5.26 Å². The van der Waals surface area contributed by atoms with Crippen LogP contribution >= 0.6 is 0 Å². The maximum absolute atomic E-state index is 12.3. The molecule has 0 aromatic heterocycles. The Bertz CT molecular complexity index is 926. The lowest BCUT2D eigenvalue weighted by Gasteiger charge is -2.21. The number of nitrogens with zero attached hydrogens (tertiary/aromatic N) is 1. The minimum Gasteiger partial charge on any atom is -0.496 e. The molecule has 2 aromatic rings. The summed E-state index contributed by atoms with van der Waals surface area (Å²) in [5.41, 5.74) is 2.11. The normalized spacial score (nSPS) is 11.7. The van der Waals surface area contributed by atoms with Crippen LogP contribution in [0.4, 0.5) is 5.69 Å². The van der Waals surface area contributed by atoms with Crippen LogP contribution in [0.1, 0.15) is 31.0 Å². The first-order valence-corrected chi connectivity index (χ1v) is 8.85. The molecule has 158 valence electrons. The summed E-state index contributed by atoms with van der Waals surface area (Å²) in [6, 6.07) is 16.2. The predicted molar refractivity (Wildman–Crippen MR) is 109 cm³/mol. The molecule has 0 radical (unpaired) electrons. The zero-order valence-electron chi connectivity index (χ0n) is 16.7. The number of carboxylic acids is 2. The molecule has 0 aliphatic rings. The van der Waals surface area contributed by atoms with Gasteiger partial charge in [0.2, 0.25) is 5.91 Å². The standard InChI is InChI=1S/C19H21N3O2.C2H2O4/c1-13(17-9-4-5-10-18(17)24-3)21-14(2)19(23)22-16-8-6-7-15(11-16)12-20;3-1(4)2(5)6/h4-11,13-14,21H,1-3H3,(H,22,23);(H,3,4)(H,5,6). The molecule has 0 spiro atoms. The number of ether oxygens (including phenoxy) is 1. The van der Waals surface area contributed by atoms with Gasteiger partial charge >= 0.3 is 11.9 Å². The number of nitrogens with one attached hydrogen (secondary N) is 2.